The molecule has 1 amide bonds. The highest BCUT2D eigenvalue weighted by Crippen LogP contribution is 2.42. The van der Waals surface area contributed by atoms with E-state index < -0.39 is 23.5 Å². The third-order valence-electron chi connectivity index (χ3n) is 6.20. The maximum absolute atomic E-state index is 13.8. The molecule has 2 aromatic heterocycles. The molecule has 0 bridgehead atoms. The number of ketones is 1. The van der Waals surface area contributed by atoms with Gasteiger partial charge in [0.25, 0.3) is 5.91 Å². The summed E-state index contributed by atoms with van der Waals surface area (Å²) in [4.78, 5) is 31.6. The number of rotatable bonds is 8. The van der Waals surface area contributed by atoms with Crippen molar-refractivity contribution in [2.75, 3.05) is 20.3 Å². The van der Waals surface area contributed by atoms with E-state index in [1.54, 1.807) is 30.5 Å². The molecule has 0 radical (unpaired) electrons. The number of hydrogen-bond donors (Lipinski definition) is 2. The molecule has 1 aliphatic rings. The number of H-pyrrole nitrogens is 1. The molecule has 0 saturated carbocycles. The third-order valence-corrected chi connectivity index (χ3v) is 6.20. The Kier molecular flexibility index (Phi) is 5.82. The first-order chi connectivity index (χ1) is 16.9. The topological polar surface area (TPSA) is 105 Å². The summed E-state index contributed by atoms with van der Waals surface area (Å²) in [5.41, 5.74) is 1.97. The number of carbonyl (C=O) groups is 2. The van der Waals surface area contributed by atoms with Crippen LogP contribution in [0.4, 0.5) is 0 Å². The van der Waals surface area contributed by atoms with E-state index in [9.17, 15) is 14.7 Å². The van der Waals surface area contributed by atoms with E-state index in [-0.39, 0.29) is 30.6 Å². The Labute approximate surface area is 201 Å². The molecule has 8 nitrogen and oxygen atoms in total. The van der Waals surface area contributed by atoms with Crippen LogP contribution in [0, 0.1) is 0 Å². The van der Waals surface area contributed by atoms with Crippen molar-refractivity contribution >= 4 is 33.6 Å². The highest BCUT2D eigenvalue weighted by Gasteiger charge is 2.45. The average Bonchev–Trinajstić information content (AvgIpc) is 3.54. The average molecular weight is 475 g/mol. The van der Waals surface area contributed by atoms with E-state index in [2.05, 4.69) is 4.98 Å². The monoisotopic (exact) mass is 474 g/mol. The lowest BCUT2D eigenvalue weighted by Gasteiger charge is -2.26. The Morgan fingerprint density at radius 1 is 1.20 bits per heavy atom. The molecule has 3 heterocycles. The van der Waals surface area contributed by atoms with Gasteiger partial charge in [-0.25, -0.2) is 0 Å². The fourth-order valence-corrected chi connectivity index (χ4v) is 4.59. The molecular formula is C27H26N2O6. The molecule has 0 saturated heterocycles. The number of Topliss-reactive ketones (excluding diaryl/α,β-unsaturated/α-hetero) is 1. The number of nitrogens with one attached hydrogen (secondary N) is 1. The van der Waals surface area contributed by atoms with Crippen LogP contribution in [0.3, 0.4) is 0 Å². The standard InChI is InChI=1S/C27H26N2O6/c1-15(2)34-12-11-29-23(18-14-28-19-9-5-4-8-17(18)19)22(25(31)27(29)32)24(30)21-13-16-7-6-10-20(33-3)26(16)35-21/h4-10,13-15,23,28,31H,11-12H2,1-3H3. The van der Waals surface area contributed by atoms with Crippen molar-refractivity contribution in [1.29, 1.82) is 0 Å². The molecular weight excluding hydrogens is 448 g/mol. The van der Waals surface area contributed by atoms with Gasteiger partial charge in [0, 0.05) is 34.6 Å². The minimum Gasteiger partial charge on any atom is -0.503 e. The summed E-state index contributed by atoms with van der Waals surface area (Å²) in [6.45, 7) is 4.28. The number of fused-ring (bicyclic) bond motifs is 2. The second kappa shape index (κ2) is 8.96. The van der Waals surface area contributed by atoms with Crippen LogP contribution in [-0.4, -0.2) is 53.0 Å². The van der Waals surface area contributed by atoms with Gasteiger partial charge >= 0.3 is 0 Å². The molecule has 8 heteroatoms. The highest BCUT2D eigenvalue weighted by atomic mass is 16.5. The number of para-hydroxylation sites is 2. The number of ether oxygens (including phenoxy) is 2. The number of carbonyl (C=O) groups excluding carboxylic acids is 2. The lowest BCUT2D eigenvalue weighted by Crippen LogP contribution is -2.34. The quantitative estimate of drug-likeness (QED) is 0.351. The van der Waals surface area contributed by atoms with E-state index in [1.165, 1.54) is 12.0 Å². The minimum absolute atomic E-state index is 0.0176. The minimum atomic E-state index is -0.808. The summed E-state index contributed by atoms with van der Waals surface area (Å²) in [5, 5.41) is 12.5. The number of aromatic nitrogens is 1. The van der Waals surface area contributed by atoms with E-state index >= 15 is 0 Å². The first kappa shape index (κ1) is 22.7. The Bertz CT molecular complexity index is 1460. The number of furan rings is 1. The second-order valence-corrected chi connectivity index (χ2v) is 8.69. The molecule has 0 spiro atoms. The molecule has 4 aromatic rings. The molecule has 5 rings (SSSR count). The zero-order valence-electron chi connectivity index (χ0n) is 19.7. The van der Waals surface area contributed by atoms with Crippen LogP contribution < -0.4 is 4.74 Å². The normalized spacial score (nSPS) is 16.3. The van der Waals surface area contributed by atoms with Gasteiger partial charge in [0.1, 0.15) is 0 Å². The van der Waals surface area contributed by atoms with Crippen LogP contribution >= 0.6 is 0 Å². The van der Waals surface area contributed by atoms with Crippen molar-refractivity contribution in [2.45, 2.75) is 26.0 Å². The fraction of sp³-hybridized carbons (Fsp3) is 0.259. The fourth-order valence-electron chi connectivity index (χ4n) is 4.59. The number of methoxy groups -OCH3 is 1. The molecule has 1 aliphatic heterocycles. The molecule has 2 aromatic carbocycles. The molecule has 1 unspecified atom stereocenters. The zero-order valence-corrected chi connectivity index (χ0v) is 19.7. The summed E-state index contributed by atoms with van der Waals surface area (Å²) in [5.74, 6) is -1.25. The van der Waals surface area contributed by atoms with Crippen LogP contribution in [0.15, 0.2) is 70.5 Å². The molecule has 1 atom stereocenters. The first-order valence-corrected chi connectivity index (χ1v) is 11.4. The van der Waals surface area contributed by atoms with Crippen molar-refractivity contribution in [3.8, 4) is 5.75 Å². The zero-order chi connectivity index (χ0) is 24.7. The number of aromatic amines is 1. The van der Waals surface area contributed by atoms with E-state index in [0.29, 0.717) is 22.3 Å². The van der Waals surface area contributed by atoms with Gasteiger partial charge in [0.15, 0.2) is 22.9 Å². The van der Waals surface area contributed by atoms with E-state index in [1.807, 2.05) is 38.1 Å². The van der Waals surface area contributed by atoms with Crippen molar-refractivity contribution < 1.29 is 28.6 Å². The molecule has 2 N–H and O–H groups in total. The van der Waals surface area contributed by atoms with Gasteiger partial charge in [-0.05, 0) is 32.0 Å². The molecule has 35 heavy (non-hydrogen) atoms. The summed E-state index contributed by atoms with van der Waals surface area (Å²) in [6, 6.07) is 13.7. The van der Waals surface area contributed by atoms with Gasteiger partial charge in [0.05, 0.1) is 31.4 Å². The van der Waals surface area contributed by atoms with Gasteiger partial charge in [0.2, 0.25) is 5.78 Å². The van der Waals surface area contributed by atoms with E-state index in [4.69, 9.17) is 13.9 Å². The smallest absolute Gasteiger partial charge is 0.290 e. The molecule has 0 aliphatic carbocycles. The predicted molar refractivity (Wildman–Crippen MR) is 131 cm³/mol. The van der Waals surface area contributed by atoms with Crippen molar-refractivity contribution in [2.24, 2.45) is 0 Å². The van der Waals surface area contributed by atoms with Crippen molar-refractivity contribution in [3.05, 3.63) is 77.4 Å². The van der Waals surface area contributed by atoms with Crippen LogP contribution in [0.5, 0.6) is 5.75 Å². The maximum Gasteiger partial charge on any atom is 0.290 e. The summed E-state index contributed by atoms with van der Waals surface area (Å²) in [6.07, 6.45) is 1.75. The van der Waals surface area contributed by atoms with Crippen LogP contribution in [0.25, 0.3) is 21.9 Å². The highest BCUT2D eigenvalue weighted by molar-refractivity contribution is 6.16. The Morgan fingerprint density at radius 3 is 2.77 bits per heavy atom. The number of nitrogens with zero attached hydrogens (tertiary/aromatic N) is 1. The summed E-state index contributed by atoms with van der Waals surface area (Å²) < 4.78 is 16.9. The van der Waals surface area contributed by atoms with Gasteiger partial charge in [-0.2, -0.15) is 0 Å². The third kappa shape index (κ3) is 3.85. The number of aliphatic hydroxyl groups excluding tert-OH is 1. The summed E-state index contributed by atoms with van der Waals surface area (Å²) >= 11 is 0. The Hall–Kier alpha value is -4.04. The number of aliphatic hydroxyl groups is 1. The SMILES string of the molecule is COc1cccc2cc(C(=O)C3=C(O)C(=O)N(CCOC(C)C)C3c3c[nH]c4ccccc34)oc12. The second-order valence-electron chi connectivity index (χ2n) is 8.69. The van der Waals surface area contributed by atoms with Gasteiger partial charge < -0.3 is 28.9 Å². The largest absolute Gasteiger partial charge is 0.503 e. The van der Waals surface area contributed by atoms with Gasteiger partial charge in [-0.15, -0.1) is 0 Å². The lowest BCUT2D eigenvalue weighted by molar-refractivity contribution is -0.130. The lowest BCUT2D eigenvalue weighted by atomic mass is 9.94. The molecule has 180 valence electrons. The first-order valence-electron chi connectivity index (χ1n) is 11.4. The number of hydrogen-bond acceptors (Lipinski definition) is 6. The van der Waals surface area contributed by atoms with Crippen molar-refractivity contribution in [3.63, 3.8) is 0 Å². The van der Waals surface area contributed by atoms with Crippen molar-refractivity contribution in [1.82, 2.24) is 9.88 Å². The van der Waals surface area contributed by atoms with Crippen LogP contribution in [-0.2, 0) is 9.53 Å². The maximum atomic E-state index is 13.8. The van der Waals surface area contributed by atoms with Gasteiger partial charge in [-0.3, -0.25) is 9.59 Å². The van der Waals surface area contributed by atoms with Crippen LogP contribution in [0.1, 0.15) is 36.0 Å². The number of amides is 1. The summed E-state index contributed by atoms with van der Waals surface area (Å²) in [7, 11) is 1.52. The number of benzene rings is 2. The van der Waals surface area contributed by atoms with Crippen LogP contribution in [0.2, 0.25) is 0 Å². The Morgan fingerprint density at radius 2 is 2.00 bits per heavy atom. The Balaban J connectivity index is 1.61. The molecule has 0 fully saturated rings. The van der Waals surface area contributed by atoms with Gasteiger partial charge in [-0.1, -0.05) is 30.3 Å². The predicted octanol–water partition coefficient (Wildman–Crippen LogP) is 4.93. The van der Waals surface area contributed by atoms with E-state index in [0.717, 1.165) is 10.9 Å².